The van der Waals surface area contributed by atoms with Crippen molar-refractivity contribution in [2.24, 2.45) is 0 Å². The Hall–Kier alpha value is -1.89. The van der Waals surface area contributed by atoms with Gasteiger partial charge in [-0.3, -0.25) is 9.40 Å². The van der Waals surface area contributed by atoms with Gasteiger partial charge in [0, 0.05) is 17.8 Å². The average molecular weight is 269 g/mol. The maximum Gasteiger partial charge on any atom is 0.231 e. The Kier molecular flexibility index (Phi) is 3.33. The lowest BCUT2D eigenvalue weighted by Crippen LogP contribution is -2.11. The third-order valence-electron chi connectivity index (χ3n) is 2.22. The fourth-order valence-electron chi connectivity index (χ4n) is 1.50. The largest absolute Gasteiger partial charge is 0.266 e. The van der Waals surface area contributed by atoms with Gasteiger partial charge in [0.25, 0.3) is 0 Å². The highest BCUT2D eigenvalue weighted by Gasteiger charge is 2.06. The van der Waals surface area contributed by atoms with Gasteiger partial charge in [0.2, 0.25) is 10.0 Å². The van der Waals surface area contributed by atoms with Crippen LogP contribution >= 0.6 is 0 Å². The summed E-state index contributed by atoms with van der Waals surface area (Å²) >= 11 is 0. The minimum Gasteiger partial charge on any atom is -0.266 e. The molecule has 5 nitrogen and oxygen atoms in total. The molecule has 0 atom stereocenters. The number of nitrogens with one attached hydrogen (secondary N) is 1. The molecule has 1 N–H and O–H groups in total. The summed E-state index contributed by atoms with van der Waals surface area (Å²) < 4.78 is 39.1. The molecule has 0 aliphatic carbocycles. The van der Waals surface area contributed by atoms with E-state index in [9.17, 15) is 12.8 Å². The van der Waals surface area contributed by atoms with Crippen LogP contribution < -0.4 is 4.72 Å². The fraction of sp³-hybridized carbons (Fsp3) is 0.182. The Balaban J connectivity index is 2.14. The summed E-state index contributed by atoms with van der Waals surface area (Å²) in [6.07, 6.45) is 2.63. The molecule has 1 aromatic carbocycles. The molecule has 7 heteroatoms. The third-order valence-corrected chi connectivity index (χ3v) is 2.80. The maximum atomic E-state index is 13.4. The van der Waals surface area contributed by atoms with E-state index < -0.39 is 10.0 Å². The predicted octanol–water partition coefficient (Wildman–Crippen LogP) is 1.44. The lowest BCUT2D eigenvalue weighted by molar-refractivity contribution is 0.585. The topological polar surface area (TPSA) is 64.0 Å². The first kappa shape index (κ1) is 12.6. The number of aromatic nitrogens is 2. The number of anilines is 1. The summed E-state index contributed by atoms with van der Waals surface area (Å²) in [4.78, 5) is 0. The first-order chi connectivity index (χ1) is 8.44. The van der Waals surface area contributed by atoms with Crippen LogP contribution in [0.1, 0.15) is 5.56 Å². The summed E-state index contributed by atoms with van der Waals surface area (Å²) in [5.41, 5.74) is 0.492. The van der Waals surface area contributed by atoms with Gasteiger partial charge in [-0.2, -0.15) is 5.10 Å². The number of nitrogens with zero attached hydrogens (tertiary/aromatic N) is 2. The Labute approximate surface area is 104 Å². The zero-order valence-corrected chi connectivity index (χ0v) is 10.5. The van der Waals surface area contributed by atoms with E-state index in [1.54, 1.807) is 24.4 Å². The van der Waals surface area contributed by atoms with Crippen molar-refractivity contribution in [3.8, 4) is 0 Å². The van der Waals surface area contributed by atoms with Crippen LogP contribution in [0.5, 0.6) is 0 Å². The molecule has 1 aromatic heterocycles. The molecular weight excluding hydrogens is 257 g/mol. The molecule has 0 aliphatic rings. The molecule has 1 heterocycles. The maximum absolute atomic E-state index is 13.4. The van der Waals surface area contributed by atoms with Gasteiger partial charge in [0.1, 0.15) is 5.82 Å². The summed E-state index contributed by atoms with van der Waals surface area (Å²) in [6.45, 7) is 0.248. The SMILES string of the molecule is CS(=O)(=O)Nc1ccn(Cc2ccccc2F)n1. The molecule has 0 saturated carbocycles. The van der Waals surface area contributed by atoms with E-state index in [0.717, 1.165) is 6.26 Å². The summed E-state index contributed by atoms with van der Waals surface area (Å²) in [6, 6.07) is 7.88. The lowest BCUT2D eigenvalue weighted by atomic mass is 10.2. The van der Waals surface area contributed by atoms with Crippen molar-refractivity contribution in [1.82, 2.24) is 9.78 Å². The second-order valence-corrected chi connectivity index (χ2v) is 5.61. The van der Waals surface area contributed by atoms with Gasteiger partial charge in [-0.05, 0) is 6.07 Å². The van der Waals surface area contributed by atoms with Crippen LogP contribution in [0.4, 0.5) is 10.2 Å². The summed E-state index contributed by atoms with van der Waals surface area (Å²) in [5, 5.41) is 3.99. The highest BCUT2D eigenvalue weighted by atomic mass is 32.2. The number of benzene rings is 1. The average Bonchev–Trinajstić information content (AvgIpc) is 2.66. The van der Waals surface area contributed by atoms with Crippen LogP contribution in [0.2, 0.25) is 0 Å². The molecule has 0 bridgehead atoms. The first-order valence-electron chi connectivity index (χ1n) is 5.19. The van der Waals surface area contributed by atoms with Crippen LogP contribution in [0, 0.1) is 5.82 Å². The van der Waals surface area contributed by atoms with E-state index in [-0.39, 0.29) is 18.2 Å². The van der Waals surface area contributed by atoms with E-state index in [0.29, 0.717) is 5.56 Å². The highest BCUT2D eigenvalue weighted by Crippen LogP contribution is 2.10. The molecule has 0 fully saturated rings. The van der Waals surface area contributed by atoms with Gasteiger partial charge >= 0.3 is 0 Å². The second-order valence-electron chi connectivity index (χ2n) is 3.86. The number of hydrogen-bond acceptors (Lipinski definition) is 3. The van der Waals surface area contributed by atoms with E-state index >= 15 is 0 Å². The van der Waals surface area contributed by atoms with Crippen molar-refractivity contribution in [3.05, 3.63) is 47.9 Å². The van der Waals surface area contributed by atoms with E-state index in [1.165, 1.54) is 16.8 Å². The minimum atomic E-state index is -3.34. The standard InChI is InChI=1S/C11H12FN3O2S/c1-18(16,17)14-11-6-7-15(13-11)8-9-4-2-3-5-10(9)12/h2-7H,8H2,1H3,(H,13,14). The molecule has 2 rings (SSSR count). The molecule has 0 saturated heterocycles. The Morgan fingerprint density at radius 3 is 2.72 bits per heavy atom. The van der Waals surface area contributed by atoms with Crippen LogP contribution in [0.15, 0.2) is 36.5 Å². The monoisotopic (exact) mass is 269 g/mol. The van der Waals surface area contributed by atoms with Gasteiger partial charge in [-0.25, -0.2) is 12.8 Å². The van der Waals surface area contributed by atoms with Gasteiger partial charge in [-0.1, -0.05) is 18.2 Å². The smallest absolute Gasteiger partial charge is 0.231 e. The van der Waals surface area contributed by atoms with Crippen LogP contribution in [0.25, 0.3) is 0 Å². The molecule has 2 aromatic rings. The fourth-order valence-corrected chi connectivity index (χ4v) is 1.98. The van der Waals surface area contributed by atoms with Crippen molar-refractivity contribution in [1.29, 1.82) is 0 Å². The molecule has 0 amide bonds. The normalized spacial score (nSPS) is 11.4. The molecule has 0 radical (unpaired) electrons. The van der Waals surface area contributed by atoms with Gasteiger partial charge in [0.15, 0.2) is 5.82 Å². The lowest BCUT2D eigenvalue weighted by Gasteiger charge is -2.03. The van der Waals surface area contributed by atoms with Crippen molar-refractivity contribution >= 4 is 15.8 Å². The van der Waals surface area contributed by atoms with Crippen molar-refractivity contribution in [3.63, 3.8) is 0 Å². The van der Waals surface area contributed by atoms with Gasteiger partial charge in [0.05, 0.1) is 12.8 Å². The molecule has 96 valence electrons. The quantitative estimate of drug-likeness (QED) is 0.913. The number of halogens is 1. The minimum absolute atomic E-state index is 0.217. The molecule has 0 unspecified atom stereocenters. The summed E-state index contributed by atoms with van der Waals surface area (Å²) in [7, 11) is -3.34. The van der Waals surface area contributed by atoms with Crippen LogP contribution in [-0.4, -0.2) is 24.5 Å². The summed E-state index contributed by atoms with van der Waals surface area (Å²) in [5.74, 6) is -0.0977. The zero-order valence-electron chi connectivity index (χ0n) is 9.67. The number of rotatable bonds is 4. The Morgan fingerprint density at radius 1 is 1.33 bits per heavy atom. The van der Waals surface area contributed by atoms with Crippen molar-refractivity contribution in [2.45, 2.75) is 6.54 Å². The van der Waals surface area contributed by atoms with Crippen molar-refractivity contribution in [2.75, 3.05) is 11.0 Å². The number of sulfonamides is 1. The van der Waals surface area contributed by atoms with Crippen LogP contribution in [-0.2, 0) is 16.6 Å². The Morgan fingerprint density at radius 2 is 2.06 bits per heavy atom. The molecule has 0 spiro atoms. The third kappa shape index (κ3) is 3.30. The van der Waals surface area contributed by atoms with Gasteiger partial charge < -0.3 is 0 Å². The molecule has 18 heavy (non-hydrogen) atoms. The van der Waals surface area contributed by atoms with E-state index in [1.807, 2.05) is 0 Å². The van der Waals surface area contributed by atoms with Crippen molar-refractivity contribution < 1.29 is 12.8 Å². The Bertz CT molecular complexity index is 652. The molecule has 0 aliphatic heterocycles. The van der Waals surface area contributed by atoms with Crippen LogP contribution in [0.3, 0.4) is 0 Å². The van der Waals surface area contributed by atoms with E-state index in [2.05, 4.69) is 9.82 Å². The predicted molar refractivity (Wildman–Crippen MR) is 66.2 cm³/mol. The first-order valence-corrected chi connectivity index (χ1v) is 7.08. The van der Waals surface area contributed by atoms with E-state index in [4.69, 9.17) is 0 Å². The highest BCUT2D eigenvalue weighted by molar-refractivity contribution is 7.92. The zero-order chi connectivity index (χ0) is 13.2. The van der Waals surface area contributed by atoms with Gasteiger partial charge in [-0.15, -0.1) is 0 Å². The number of hydrogen-bond donors (Lipinski definition) is 1. The molecular formula is C11H12FN3O2S. The second kappa shape index (κ2) is 4.77.